The van der Waals surface area contributed by atoms with Gasteiger partial charge in [-0.3, -0.25) is 0 Å². The molecule has 3 aromatic heterocycles. The highest BCUT2D eigenvalue weighted by Crippen LogP contribution is 2.39. The van der Waals surface area contributed by atoms with E-state index in [1.807, 2.05) is 68.1 Å². The Morgan fingerprint density at radius 1 is 0.872 bits per heavy atom. The van der Waals surface area contributed by atoms with Crippen molar-refractivity contribution in [3.05, 3.63) is 71.9 Å². The van der Waals surface area contributed by atoms with Crippen molar-refractivity contribution >= 4 is 16.7 Å². The molecule has 0 bridgehead atoms. The molecule has 5 aromatic rings. The zero-order valence-corrected chi connectivity index (χ0v) is 22.8. The Morgan fingerprint density at radius 2 is 1.69 bits per heavy atom. The topological polar surface area (TPSA) is 105 Å². The molecule has 0 amide bonds. The first kappa shape index (κ1) is 25.8. The van der Waals surface area contributed by atoms with Crippen LogP contribution in [0.2, 0.25) is 0 Å². The summed E-state index contributed by atoms with van der Waals surface area (Å²) in [5.74, 6) is 3.74. The lowest BCUT2D eigenvalue weighted by Crippen LogP contribution is -2.06. The van der Waals surface area contributed by atoms with Gasteiger partial charge < -0.3 is 28.8 Å². The summed E-state index contributed by atoms with van der Waals surface area (Å²) in [5, 5.41) is 4.07. The molecular formula is C29H30N6O4. The number of aromatic nitrogens is 5. The fraction of sp³-hybridized carbons (Fsp3) is 0.241. The van der Waals surface area contributed by atoms with E-state index in [-0.39, 0.29) is 0 Å². The summed E-state index contributed by atoms with van der Waals surface area (Å²) in [4.78, 5) is 18.5. The SMILES string of the molecule is COc1ccc(CNc2ncnc3cc(-c4cn(C)cn4)nc(Oc4c(C)ccc(OC)c4C)c23)c(OC)c1. The molecule has 0 unspecified atom stereocenters. The van der Waals surface area contributed by atoms with E-state index in [1.165, 1.54) is 6.33 Å². The van der Waals surface area contributed by atoms with Crippen molar-refractivity contribution in [2.45, 2.75) is 20.4 Å². The molecule has 39 heavy (non-hydrogen) atoms. The van der Waals surface area contributed by atoms with E-state index >= 15 is 0 Å². The van der Waals surface area contributed by atoms with E-state index < -0.39 is 0 Å². The third-order valence-corrected chi connectivity index (χ3v) is 6.47. The van der Waals surface area contributed by atoms with E-state index in [0.717, 1.165) is 22.4 Å². The Morgan fingerprint density at radius 3 is 2.41 bits per heavy atom. The lowest BCUT2D eigenvalue weighted by Gasteiger charge is -2.17. The minimum absolute atomic E-state index is 0.359. The Balaban J connectivity index is 1.62. The summed E-state index contributed by atoms with van der Waals surface area (Å²) in [6, 6.07) is 11.5. The number of nitrogens with one attached hydrogen (secondary N) is 1. The zero-order valence-electron chi connectivity index (χ0n) is 22.8. The second-order valence-electron chi connectivity index (χ2n) is 9.03. The molecule has 0 saturated carbocycles. The summed E-state index contributed by atoms with van der Waals surface area (Å²) in [7, 11) is 6.81. The smallest absolute Gasteiger partial charge is 0.233 e. The van der Waals surface area contributed by atoms with Crippen molar-refractivity contribution < 1.29 is 18.9 Å². The summed E-state index contributed by atoms with van der Waals surface area (Å²) < 4.78 is 24.9. The first-order chi connectivity index (χ1) is 18.9. The molecule has 0 aliphatic rings. The van der Waals surface area contributed by atoms with E-state index in [0.29, 0.717) is 57.8 Å². The number of methoxy groups -OCH3 is 3. The number of fused-ring (bicyclic) bond motifs is 1. The van der Waals surface area contributed by atoms with Gasteiger partial charge in [0.2, 0.25) is 5.88 Å². The highest BCUT2D eigenvalue weighted by Gasteiger charge is 2.20. The van der Waals surface area contributed by atoms with Crippen molar-refractivity contribution in [2.24, 2.45) is 7.05 Å². The van der Waals surface area contributed by atoms with Crippen LogP contribution in [-0.4, -0.2) is 45.8 Å². The number of hydrogen-bond donors (Lipinski definition) is 1. The van der Waals surface area contributed by atoms with Crippen LogP contribution in [0.5, 0.6) is 28.9 Å². The summed E-state index contributed by atoms with van der Waals surface area (Å²) in [5.41, 5.74) is 4.76. The average Bonchev–Trinajstić information content (AvgIpc) is 3.40. The number of pyridine rings is 1. The van der Waals surface area contributed by atoms with Crippen LogP contribution in [0.15, 0.2) is 55.2 Å². The van der Waals surface area contributed by atoms with Crippen molar-refractivity contribution in [1.82, 2.24) is 24.5 Å². The molecule has 0 radical (unpaired) electrons. The van der Waals surface area contributed by atoms with Gasteiger partial charge >= 0.3 is 0 Å². The number of nitrogens with zero attached hydrogens (tertiary/aromatic N) is 5. The van der Waals surface area contributed by atoms with Crippen LogP contribution < -0.4 is 24.3 Å². The van der Waals surface area contributed by atoms with Gasteiger partial charge in [-0.2, -0.15) is 0 Å². The number of hydrogen-bond acceptors (Lipinski definition) is 9. The van der Waals surface area contributed by atoms with Crippen LogP contribution in [0.3, 0.4) is 0 Å². The third kappa shape index (κ3) is 5.13. The van der Waals surface area contributed by atoms with Crippen LogP contribution in [-0.2, 0) is 13.6 Å². The van der Waals surface area contributed by atoms with Crippen molar-refractivity contribution in [3.8, 4) is 40.3 Å². The molecule has 10 nitrogen and oxygen atoms in total. The summed E-state index contributed by atoms with van der Waals surface area (Å²) >= 11 is 0. The molecular weight excluding hydrogens is 496 g/mol. The average molecular weight is 527 g/mol. The second kappa shape index (κ2) is 10.9. The maximum absolute atomic E-state index is 6.55. The maximum atomic E-state index is 6.55. The van der Waals surface area contributed by atoms with Gasteiger partial charge in [0.25, 0.3) is 0 Å². The van der Waals surface area contributed by atoms with Gasteiger partial charge in [-0.15, -0.1) is 0 Å². The lowest BCUT2D eigenvalue weighted by molar-refractivity contribution is 0.391. The molecule has 5 rings (SSSR count). The maximum Gasteiger partial charge on any atom is 0.233 e. The second-order valence-corrected chi connectivity index (χ2v) is 9.03. The number of benzene rings is 2. The van der Waals surface area contributed by atoms with Crippen molar-refractivity contribution in [1.29, 1.82) is 0 Å². The normalized spacial score (nSPS) is 10.9. The van der Waals surface area contributed by atoms with Crippen LogP contribution >= 0.6 is 0 Å². The molecule has 0 fully saturated rings. The van der Waals surface area contributed by atoms with Gasteiger partial charge in [-0.05, 0) is 43.7 Å². The van der Waals surface area contributed by atoms with Crippen molar-refractivity contribution in [3.63, 3.8) is 0 Å². The standard InChI is InChI=1S/C29H30N6O4/c1-17-7-10-24(37-5)18(2)27(17)39-29-26-22(12-21(34-29)23-14-35(3)16-33-23)31-15-32-28(26)30-13-19-8-9-20(36-4)11-25(19)38-6/h7-12,14-16H,13H2,1-6H3,(H,30,31,32). The molecule has 1 N–H and O–H groups in total. The molecule has 0 aliphatic heterocycles. The van der Waals surface area contributed by atoms with Gasteiger partial charge in [-0.25, -0.2) is 19.9 Å². The molecule has 200 valence electrons. The van der Waals surface area contributed by atoms with E-state index in [9.17, 15) is 0 Å². The molecule has 0 atom stereocenters. The fourth-order valence-electron chi connectivity index (χ4n) is 4.39. The van der Waals surface area contributed by atoms with Crippen molar-refractivity contribution in [2.75, 3.05) is 26.6 Å². The quantitative estimate of drug-likeness (QED) is 0.267. The van der Waals surface area contributed by atoms with Gasteiger partial charge in [-0.1, -0.05) is 6.07 Å². The fourth-order valence-corrected chi connectivity index (χ4v) is 4.39. The van der Waals surface area contributed by atoms with E-state index in [1.54, 1.807) is 27.7 Å². The first-order valence-corrected chi connectivity index (χ1v) is 12.3. The Kier molecular flexibility index (Phi) is 7.18. The Bertz CT molecular complexity index is 1650. The third-order valence-electron chi connectivity index (χ3n) is 6.47. The van der Waals surface area contributed by atoms with Crippen LogP contribution in [0.4, 0.5) is 5.82 Å². The number of imidazole rings is 1. The highest BCUT2D eigenvalue weighted by atomic mass is 16.5. The van der Waals surface area contributed by atoms with Gasteiger partial charge in [0.05, 0.1) is 38.9 Å². The van der Waals surface area contributed by atoms with Crippen LogP contribution in [0.1, 0.15) is 16.7 Å². The predicted molar refractivity (Wildman–Crippen MR) is 149 cm³/mol. The summed E-state index contributed by atoms with van der Waals surface area (Å²) in [6.45, 7) is 4.38. The van der Waals surface area contributed by atoms with Gasteiger partial charge in [0, 0.05) is 37.0 Å². The highest BCUT2D eigenvalue weighted by molar-refractivity contribution is 5.95. The lowest BCUT2D eigenvalue weighted by atomic mass is 10.1. The predicted octanol–water partition coefficient (Wildman–Crippen LogP) is 5.47. The molecule has 3 heterocycles. The molecule has 0 saturated heterocycles. The van der Waals surface area contributed by atoms with Crippen LogP contribution in [0, 0.1) is 13.8 Å². The number of ether oxygens (including phenoxy) is 4. The number of rotatable bonds is 9. The Hall–Kier alpha value is -4.86. The first-order valence-electron chi connectivity index (χ1n) is 12.3. The largest absolute Gasteiger partial charge is 0.497 e. The zero-order chi connectivity index (χ0) is 27.5. The number of anilines is 1. The van der Waals surface area contributed by atoms with E-state index in [4.69, 9.17) is 23.9 Å². The number of aryl methyl sites for hydroxylation is 2. The molecule has 0 aliphatic carbocycles. The molecule has 0 spiro atoms. The van der Waals surface area contributed by atoms with E-state index in [2.05, 4.69) is 20.3 Å². The van der Waals surface area contributed by atoms with Gasteiger partial charge in [0.1, 0.15) is 46.2 Å². The minimum Gasteiger partial charge on any atom is -0.497 e. The Labute approximate surface area is 226 Å². The molecule has 10 heteroatoms. The summed E-state index contributed by atoms with van der Waals surface area (Å²) in [6.07, 6.45) is 5.15. The molecule has 2 aromatic carbocycles. The van der Waals surface area contributed by atoms with Crippen LogP contribution in [0.25, 0.3) is 22.3 Å². The van der Waals surface area contributed by atoms with Gasteiger partial charge in [0.15, 0.2) is 0 Å². The minimum atomic E-state index is 0.359. The monoisotopic (exact) mass is 526 g/mol.